The minimum Gasteiger partial charge on any atom is -0.386 e. The first-order valence-corrected chi connectivity index (χ1v) is 7.09. The monoisotopic (exact) mass is 324 g/mol. The molecular formula is C15H18F2N4O2. The number of hydrogen-bond donors (Lipinski definition) is 3. The second kappa shape index (κ2) is 7.68. The Balaban J connectivity index is 1.82. The first kappa shape index (κ1) is 16.9. The molecule has 0 aliphatic rings. The molecule has 2 aromatic rings. The van der Waals surface area contributed by atoms with Crippen LogP contribution in [0.1, 0.15) is 18.6 Å². The van der Waals surface area contributed by atoms with E-state index in [1.807, 2.05) is 0 Å². The lowest BCUT2D eigenvalue weighted by molar-refractivity contribution is 0.163. The highest BCUT2D eigenvalue weighted by Crippen LogP contribution is 2.19. The van der Waals surface area contributed by atoms with Gasteiger partial charge in [0.05, 0.1) is 11.9 Å². The van der Waals surface area contributed by atoms with E-state index in [0.29, 0.717) is 6.54 Å². The van der Waals surface area contributed by atoms with Gasteiger partial charge in [0.15, 0.2) is 0 Å². The Labute approximate surface area is 132 Å². The molecule has 1 heterocycles. The number of carbonyl (C=O) groups is 1. The number of imidazole rings is 1. The van der Waals surface area contributed by atoms with Crippen LogP contribution in [-0.4, -0.2) is 33.3 Å². The van der Waals surface area contributed by atoms with Gasteiger partial charge in [-0.15, -0.1) is 0 Å². The summed E-state index contributed by atoms with van der Waals surface area (Å²) in [6.45, 7) is 2.02. The predicted octanol–water partition coefficient (Wildman–Crippen LogP) is 1.58. The number of hydrogen-bond acceptors (Lipinski definition) is 3. The second-order valence-corrected chi connectivity index (χ2v) is 5.17. The van der Waals surface area contributed by atoms with Crippen LogP contribution in [0.15, 0.2) is 36.9 Å². The van der Waals surface area contributed by atoms with Crippen molar-refractivity contribution >= 4 is 6.03 Å². The summed E-state index contributed by atoms with van der Waals surface area (Å²) >= 11 is 0. The fraction of sp³-hybridized carbons (Fsp3) is 0.333. The van der Waals surface area contributed by atoms with Crippen LogP contribution in [0.5, 0.6) is 0 Å². The van der Waals surface area contributed by atoms with Gasteiger partial charge in [-0.3, -0.25) is 0 Å². The van der Waals surface area contributed by atoms with Crippen LogP contribution in [0.3, 0.4) is 0 Å². The first-order chi connectivity index (χ1) is 11.0. The lowest BCUT2D eigenvalue weighted by Crippen LogP contribution is -2.43. The fourth-order valence-corrected chi connectivity index (χ4v) is 2.15. The molecule has 2 rings (SSSR count). The molecule has 0 saturated carbocycles. The zero-order chi connectivity index (χ0) is 16.8. The van der Waals surface area contributed by atoms with Crippen LogP contribution in [0.4, 0.5) is 13.6 Å². The number of amides is 2. The molecule has 8 heteroatoms. The largest absolute Gasteiger partial charge is 0.386 e. The Hall–Kier alpha value is -2.48. The minimum absolute atomic E-state index is 0.188. The van der Waals surface area contributed by atoms with E-state index in [-0.39, 0.29) is 12.6 Å². The van der Waals surface area contributed by atoms with Crippen molar-refractivity contribution in [2.45, 2.75) is 25.6 Å². The number of benzene rings is 1. The molecule has 2 amide bonds. The van der Waals surface area contributed by atoms with Crippen molar-refractivity contribution < 1.29 is 18.7 Å². The molecule has 1 aromatic carbocycles. The smallest absolute Gasteiger partial charge is 0.315 e. The number of aromatic nitrogens is 2. The third-order valence-corrected chi connectivity index (χ3v) is 3.21. The number of rotatable bonds is 6. The molecule has 6 nitrogen and oxygen atoms in total. The average molecular weight is 324 g/mol. The highest BCUT2D eigenvalue weighted by Gasteiger charge is 2.18. The van der Waals surface area contributed by atoms with E-state index < -0.39 is 29.3 Å². The number of urea groups is 1. The van der Waals surface area contributed by atoms with Crippen molar-refractivity contribution in [1.29, 1.82) is 0 Å². The summed E-state index contributed by atoms with van der Waals surface area (Å²) in [6, 6.07) is 2.59. The molecule has 1 aromatic heterocycles. The molecule has 3 N–H and O–H groups in total. The summed E-state index contributed by atoms with van der Waals surface area (Å²) in [6.07, 6.45) is 3.55. The standard InChI is InChI=1S/C15H18F2N4O2/c1-10(8-21-6-5-18-9-21)20-15(23)19-7-13(22)14-11(16)3-2-4-12(14)17/h2-6,9-10,13,22H,7-8H2,1H3,(H2,19,20,23). The molecular weight excluding hydrogens is 306 g/mol. The van der Waals surface area contributed by atoms with Crippen LogP contribution in [0.2, 0.25) is 0 Å². The van der Waals surface area contributed by atoms with Gasteiger partial charge in [0.25, 0.3) is 0 Å². The number of nitrogens with zero attached hydrogens (tertiary/aromatic N) is 2. The summed E-state index contributed by atoms with van der Waals surface area (Å²) in [5.74, 6) is -1.71. The molecule has 0 aliphatic heterocycles. The van der Waals surface area contributed by atoms with Gasteiger partial charge in [0.2, 0.25) is 0 Å². The summed E-state index contributed by atoms with van der Waals surface area (Å²) in [7, 11) is 0. The van der Waals surface area contributed by atoms with Crippen LogP contribution >= 0.6 is 0 Å². The van der Waals surface area contributed by atoms with Crippen LogP contribution < -0.4 is 10.6 Å². The molecule has 0 fully saturated rings. The Morgan fingerprint density at radius 3 is 2.70 bits per heavy atom. The molecule has 124 valence electrons. The van der Waals surface area contributed by atoms with Gasteiger partial charge in [-0.25, -0.2) is 18.6 Å². The van der Waals surface area contributed by atoms with E-state index in [4.69, 9.17) is 0 Å². The van der Waals surface area contributed by atoms with Gasteiger partial charge in [0, 0.05) is 31.5 Å². The number of aliphatic hydroxyl groups is 1. The molecule has 0 spiro atoms. The highest BCUT2D eigenvalue weighted by atomic mass is 19.1. The van der Waals surface area contributed by atoms with Gasteiger partial charge in [-0.1, -0.05) is 6.07 Å². The van der Waals surface area contributed by atoms with E-state index in [1.165, 1.54) is 6.07 Å². The van der Waals surface area contributed by atoms with E-state index in [2.05, 4.69) is 15.6 Å². The molecule has 0 aliphatic carbocycles. The van der Waals surface area contributed by atoms with Crippen LogP contribution in [-0.2, 0) is 6.54 Å². The van der Waals surface area contributed by atoms with Gasteiger partial charge in [-0.2, -0.15) is 0 Å². The average Bonchev–Trinajstić information content (AvgIpc) is 2.97. The second-order valence-electron chi connectivity index (χ2n) is 5.17. The minimum atomic E-state index is -1.47. The van der Waals surface area contributed by atoms with E-state index in [0.717, 1.165) is 12.1 Å². The van der Waals surface area contributed by atoms with E-state index in [9.17, 15) is 18.7 Å². The SMILES string of the molecule is CC(Cn1ccnc1)NC(=O)NCC(O)c1c(F)cccc1F. The van der Waals surface area contributed by atoms with Crippen molar-refractivity contribution in [3.05, 3.63) is 54.1 Å². The number of carbonyl (C=O) groups excluding carboxylic acids is 1. The lowest BCUT2D eigenvalue weighted by atomic mass is 10.1. The summed E-state index contributed by atoms with van der Waals surface area (Å²) in [5.41, 5.74) is -0.459. The lowest BCUT2D eigenvalue weighted by Gasteiger charge is -2.17. The number of halogens is 2. The topological polar surface area (TPSA) is 79.2 Å². The summed E-state index contributed by atoms with van der Waals surface area (Å²) < 4.78 is 28.8. The van der Waals surface area contributed by atoms with Crippen molar-refractivity contribution in [3.63, 3.8) is 0 Å². The molecule has 0 saturated heterocycles. The van der Waals surface area contributed by atoms with E-state index >= 15 is 0 Å². The maximum Gasteiger partial charge on any atom is 0.315 e. The quantitative estimate of drug-likeness (QED) is 0.755. The molecule has 23 heavy (non-hydrogen) atoms. The van der Waals surface area contributed by atoms with Crippen molar-refractivity contribution in [2.75, 3.05) is 6.54 Å². The zero-order valence-electron chi connectivity index (χ0n) is 12.5. The zero-order valence-corrected chi connectivity index (χ0v) is 12.5. The Morgan fingerprint density at radius 1 is 1.39 bits per heavy atom. The highest BCUT2D eigenvalue weighted by molar-refractivity contribution is 5.74. The fourth-order valence-electron chi connectivity index (χ4n) is 2.15. The Kier molecular flexibility index (Phi) is 5.64. The van der Waals surface area contributed by atoms with Crippen molar-refractivity contribution in [2.24, 2.45) is 0 Å². The Bertz CT molecular complexity index is 629. The van der Waals surface area contributed by atoms with Gasteiger partial charge >= 0.3 is 6.03 Å². The molecule has 0 bridgehead atoms. The van der Waals surface area contributed by atoms with Crippen molar-refractivity contribution in [1.82, 2.24) is 20.2 Å². The number of aliphatic hydroxyl groups excluding tert-OH is 1. The van der Waals surface area contributed by atoms with Crippen LogP contribution in [0, 0.1) is 11.6 Å². The van der Waals surface area contributed by atoms with Gasteiger partial charge in [0.1, 0.15) is 17.7 Å². The summed E-state index contributed by atoms with van der Waals surface area (Å²) in [5, 5.41) is 14.9. The van der Waals surface area contributed by atoms with Crippen molar-refractivity contribution in [3.8, 4) is 0 Å². The van der Waals surface area contributed by atoms with Gasteiger partial charge in [-0.05, 0) is 19.1 Å². The third-order valence-electron chi connectivity index (χ3n) is 3.21. The third kappa shape index (κ3) is 4.75. The van der Waals surface area contributed by atoms with E-state index in [1.54, 1.807) is 30.2 Å². The summed E-state index contributed by atoms with van der Waals surface area (Å²) in [4.78, 5) is 15.6. The first-order valence-electron chi connectivity index (χ1n) is 7.09. The predicted molar refractivity (Wildman–Crippen MR) is 79.5 cm³/mol. The number of nitrogens with one attached hydrogen (secondary N) is 2. The maximum absolute atomic E-state index is 13.5. The van der Waals surface area contributed by atoms with Gasteiger partial charge < -0.3 is 20.3 Å². The molecule has 0 radical (unpaired) electrons. The normalized spacial score (nSPS) is 13.4. The molecule has 2 unspecified atom stereocenters. The molecule has 2 atom stereocenters. The Morgan fingerprint density at radius 2 is 2.09 bits per heavy atom. The van der Waals surface area contributed by atoms with Crippen LogP contribution in [0.25, 0.3) is 0 Å². The maximum atomic E-state index is 13.5.